The molecular weight excluding hydrogens is 386 g/mol. The summed E-state index contributed by atoms with van der Waals surface area (Å²) < 4.78 is 5.67. The highest BCUT2D eigenvalue weighted by atomic mass is 16.5. The third kappa shape index (κ3) is 3.56. The summed E-state index contributed by atoms with van der Waals surface area (Å²) in [5, 5.41) is 2.92. The van der Waals surface area contributed by atoms with E-state index in [-0.39, 0.29) is 23.9 Å². The van der Waals surface area contributed by atoms with Crippen molar-refractivity contribution >= 4 is 17.6 Å². The van der Waals surface area contributed by atoms with Crippen molar-refractivity contribution in [2.24, 2.45) is 17.3 Å². The van der Waals surface area contributed by atoms with Gasteiger partial charge in [-0.05, 0) is 86.3 Å². The zero-order valence-electron chi connectivity index (χ0n) is 18.4. The average Bonchev–Trinajstić information content (AvgIpc) is 2.74. The number of carbonyl (C=O) groups is 2. The van der Waals surface area contributed by atoms with Crippen molar-refractivity contribution in [2.75, 3.05) is 11.9 Å². The highest BCUT2D eigenvalue weighted by molar-refractivity contribution is 5.94. The van der Waals surface area contributed by atoms with Crippen LogP contribution < -0.4 is 5.32 Å². The highest BCUT2D eigenvalue weighted by Gasteiger charge is 2.61. The number of aryl methyl sites for hydroxylation is 2. The maximum Gasteiger partial charge on any atom is 0.312 e. The van der Waals surface area contributed by atoms with Gasteiger partial charge in [-0.25, -0.2) is 0 Å². The van der Waals surface area contributed by atoms with Crippen molar-refractivity contribution in [3.63, 3.8) is 0 Å². The van der Waals surface area contributed by atoms with Crippen molar-refractivity contribution in [3.05, 3.63) is 65.2 Å². The zero-order chi connectivity index (χ0) is 21.6. The van der Waals surface area contributed by atoms with Crippen LogP contribution in [0.3, 0.4) is 0 Å². The fourth-order valence-corrected chi connectivity index (χ4v) is 7.10. The number of benzene rings is 2. The van der Waals surface area contributed by atoms with Crippen LogP contribution in [0.2, 0.25) is 0 Å². The molecule has 2 unspecified atom stereocenters. The lowest BCUT2D eigenvalue weighted by Crippen LogP contribution is -2.57. The molecule has 1 N–H and O–H groups in total. The van der Waals surface area contributed by atoms with Gasteiger partial charge in [-0.15, -0.1) is 0 Å². The van der Waals surface area contributed by atoms with Crippen molar-refractivity contribution in [1.82, 2.24) is 0 Å². The summed E-state index contributed by atoms with van der Waals surface area (Å²) in [5.41, 5.74) is 3.84. The molecule has 4 aliphatic rings. The number of hydrogen-bond acceptors (Lipinski definition) is 3. The quantitative estimate of drug-likeness (QED) is 0.670. The van der Waals surface area contributed by atoms with Crippen LogP contribution in [-0.2, 0) is 19.7 Å². The number of ether oxygens (including phenoxy) is 1. The predicted octanol–water partition coefficient (Wildman–Crippen LogP) is 5.32. The molecule has 4 fully saturated rings. The molecule has 1 amide bonds. The number of nitrogens with one attached hydrogen (secondary N) is 1. The predicted molar refractivity (Wildman–Crippen MR) is 121 cm³/mol. The maximum absolute atomic E-state index is 13.4. The van der Waals surface area contributed by atoms with Crippen LogP contribution in [0.15, 0.2) is 48.5 Å². The largest absolute Gasteiger partial charge is 0.455 e. The monoisotopic (exact) mass is 417 g/mol. The molecule has 0 aliphatic heterocycles. The van der Waals surface area contributed by atoms with E-state index in [9.17, 15) is 9.59 Å². The molecule has 4 atom stereocenters. The average molecular weight is 418 g/mol. The van der Waals surface area contributed by atoms with E-state index in [2.05, 4.69) is 35.6 Å². The van der Waals surface area contributed by atoms with E-state index in [0.29, 0.717) is 11.8 Å². The first-order valence-electron chi connectivity index (χ1n) is 11.5. The van der Waals surface area contributed by atoms with Gasteiger partial charge in [-0.2, -0.15) is 0 Å². The van der Waals surface area contributed by atoms with Gasteiger partial charge >= 0.3 is 5.97 Å². The lowest BCUT2D eigenvalue weighted by molar-refractivity contribution is -0.175. The first kappa shape index (κ1) is 20.3. The topological polar surface area (TPSA) is 55.4 Å². The van der Waals surface area contributed by atoms with Crippen LogP contribution >= 0.6 is 0 Å². The smallest absolute Gasteiger partial charge is 0.312 e. The van der Waals surface area contributed by atoms with E-state index < -0.39 is 5.41 Å². The number of esters is 1. The summed E-state index contributed by atoms with van der Waals surface area (Å²) in [6, 6.07) is 16.6. The van der Waals surface area contributed by atoms with Crippen LogP contribution in [-0.4, -0.2) is 18.5 Å². The van der Waals surface area contributed by atoms with Crippen molar-refractivity contribution < 1.29 is 14.3 Å². The number of para-hydroxylation sites is 1. The molecule has 0 aromatic heterocycles. The normalized spacial score (nSPS) is 30.8. The van der Waals surface area contributed by atoms with Gasteiger partial charge in [0, 0.05) is 5.69 Å². The molecule has 0 spiro atoms. The van der Waals surface area contributed by atoms with E-state index in [0.717, 1.165) is 36.1 Å². The lowest BCUT2D eigenvalue weighted by Gasteiger charge is -2.61. The second-order valence-electron chi connectivity index (χ2n) is 10.3. The van der Waals surface area contributed by atoms with Gasteiger partial charge < -0.3 is 10.1 Å². The number of rotatable bonds is 5. The van der Waals surface area contributed by atoms with Gasteiger partial charge in [-0.1, -0.05) is 48.5 Å². The Kier molecular flexibility index (Phi) is 4.91. The Morgan fingerprint density at radius 3 is 2.23 bits per heavy atom. The second kappa shape index (κ2) is 7.51. The Morgan fingerprint density at radius 1 is 0.935 bits per heavy atom. The fraction of sp³-hybridized carbons (Fsp3) is 0.481. The second-order valence-corrected chi connectivity index (χ2v) is 10.3. The van der Waals surface area contributed by atoms with Crippen LogP contribution in [0.4, 0.5) is 5.69 Å². The molecule has 6 rings (SSSR count). The lowest BCUT2D eigenvalue weighted by atomic mass is 9.43. The molecule has 4 bridgehead atoms. The van der Waals surface area contributed by atoms with E-state index in [1.54, 1.807) is 0 Å². The van der Waals surface area contributed by atoms with E-state index in [4.69, 9.17) is 4.74 Å². The molecule has 2 aromatic carbocycles. The molecule has 2 aromatic rings. The summed E-state index contributed by atoms with van der Waals surface area (Å²) in [6.45, 7) is 3.71. The van der Waals surface area contributed by atoms with Crippen LogP contribution in [0.5, 0.6) is 0 Å². The maximum atomic E-state index is 13.4. The fourth-order valence-electron chi connectivity index (χ4n) is 7.10. The van der Waals surface area contributed by atoms with Gasteiger partial charge in [0.15, 0.2) is 6.61 Å². The Hall–Kier alpha value is -2.62. The molecule has 4 heteroatoms. The molecule has 4 saturated carbocycles. The molecule has 4 aliphatic carbocycles. The Bertz CT molecular complexity index is 978. The van der Waals surface area contributed by atoms with Gasteiger partial charge in [0.25, 0.3) is 5.91 Å². The van der Waals surface area contributed by atoms with Gasteiger partial charge in [0.1, 0.15) is 0 Å². The van der Waals surface area contributed by atoms with E-state index in [1.165, 1.54) is 24.8 Å². The van der Waals surface area contributed by atoms with E-state index >= 15 is 0 Å². The number of carbonyl (C=O) groups excluding carboxylic acids is 2. The number of anilines is 1. The molecule has 0 heterocycles. The zero-order valence-corrected chi connectivity index (χ0v) is 18.4. The van der Waals surface area contributed by atoms with Crippen LogP contribution in [0, 0.1) is 31.1 Å². The van der Waals surface area contributed by atoms with Crippen LogP contribution in [0.1, 0.15) is 55.2 Å². The van der Waals surface area contributed by atoms with Gasteiger partial charge in [0.2, 0.25) is 0 Å². The van der Waals surface area contributed by atoms with E-state index in [1.807, 2.05) is 32.0 Å². The molecule has 31 heavy (non-hydrogen) atoms. The summed E-state index contributed by atoms with van der Waals surface area (Å²) >= 11 is 0. The summed E-state index contributed by atoms with van der Waals surface area (Å²) in [7, 11) is 0. The molecule has 0 saturated heterocycles. The molecule has 4 nitrogen and oxygen atoms in total. The van der Waals surface area contributed by atoms with Crippen molar-refractivity contribution in [2.45, 2.75) is 57.8 Å². The van der Waals surface area contributed by atoms with Gasteiger partial charge in [0.05, 0.1) is 5.41 Å². The third-order valence-electron chi connectivity index (χ3n) is 7.96. The number of hydrogen-bond donors (Lipinski definition) is 1. The number of amides is 1. The van der Waals surface area contributed by atoms with Crippen molar-refractivity contribution in [1.29, 1.82) is 0 Å². The minimum Gasteiger partial charge on any atom is -0.455 e. The van der Waals surface area contributed by atoms with Gasteiger partial charge in [-0.3, -0.25) is 9.59 Å². The SMILES string of the molecule is Cc1cccc(C)c1NC(=O)COC(=O)C12C[C@H]3C[C@@H](C1)CC(c1ccccc1)(C3)C2. The first-order chi connectivity index (χ1) is 14.9. The third-order valence-corrected chi connectivity index (χ3v) is 7.96. The first-order valence-corrected chi connectivity index (χ1v) is 11.5. The minimum atomic E-state index is -0.432. The molecular formula is C27H31NO3. The molecule has 0 radical (unpaired) electrons. The van der Waals surface area contributed by atoms with Crippen LogP contribution in [0.25, 0.3) is 0 Å². The summed E-state index contributed by atoms with van der Waals surface area (Å²) in [4.78, 5) is 25.9. The Balaban J connectivity index is 1.30. The summed E-state index contributed by atoms with van der Waals surface area (Å²) in [5.74, 6) is 0.724. The van der Waals surface area contributed by atoms with Crippen molar-refractivity contribution in [3.8, 4) is 0 Å². The summed E-state index contributed by atoms with van der Waals surface area (Å²) in [6.07, 6.45) is 6.26. The molecule has 162 valence electrons. The standard InChI is InChI=1S/C27H31NO3/c1-18-7-6-8-19(2)24(18)28-23(29)16-31-25(30)27-14-20-11-21(15-27)13-26(12-20,17-27)22-9-4-3-5-10-22/h3-10,20-21H,11-17H2,1-2H3,(H,28,29)/t20-,21+,26?,27?. The highest BCUT2D eigenvalue weighted by Crippen LogP contribution is 2.66. The Labute approximate surface area is 184 Å². The minimum absolute atomic E-state index is 0.0882. The Morgan fingerprint density at radius 2 is 1.58 bits per heavy atom.